The smallest absolute Gasteiger partial charge is 0.228 e. The number of rotatable bonds is 4. The molecule has 2 heterocycles. The van der Waals surface area contributed by atoms with Gasteiger partial charge in [-0.1, -0.05) is 53.8 Å². The van der Waals surface area contributed by atoms with Crippen LogP contribution in [0.1, 0.15) is 11.1 Å². The number of anilines is 1. The second kappa shape index (κ2) is 7.06. The summed E-state index contributed by atoms with van der Waals surface area (Å²) in [5.74, 6) is -0.0255. The van der Waals surface area contributed by atoms with Crippen molar-refractivity contribution in [1.82, 2.24) is 9.97 Å². The zero-order chi connectivity index (χ0) is 17.9. The molecule has 128 valence electrons. The Morgan fingerprint density at radius 3 is 2.73 bits per heavy atom. The molecular formula is C21H17N3OS. The zero-order valence-corrected chi connectivity index (χ0v) is 15.1. The normalized spacial score (nSPS) is 10.8. The third-order valence-electron chi connectivity index (χ3n) is 4.13. The number of thiazole rings is 1. The molecule has 4 nitrogen and oxygen atoms in total. The summed E-state index contributed by atoms with van der Waals surface area (Å²) >= 11 is 1.55. The van der Waals surface area contributed by atoms with Crippen LogP contribution in [-0.4, -0.2) is 15.9 Å². The van der Waals surface area contributed by atoms with Gasteiger partial charge < -0.3 is 5.32 Å². The second-order valence-electron chi connectivity index (χ2n) is 6.09. The number of hydrogen-bond donors (Lipinski definition) is 1. The van der Waals surface area contributed by atoms with Crippen molar-refractivity contribution in [3.8, 4) is 10.6 Å². The predicted octanol–water partition coefficient (Wildman–Crippen LogP) is 4.85. The van der Waals surface area contributed by atoms with E-state index in [4.69, 9.17) is 0 Å². The van der Waals surface area contributed by atoms with Crippen LogP contribution in [0.25, 0.3) is 20.9 Å². The highest BCUT2D eigenvalue weighted by Gasteiger charge is 2.11. The number of carbonyl (C=O) groups is 1. The van der Waals surface area contributed by atoms with Gasteiger partial charge in [0.15, 0.2) is 0 Å². The maximum Gasteiger partial charge on any atom is 0.228 e. The van der Waals surface area contributed by atoms with Gasteiger partial charge >= 0.3 is 0 Å². The maximum absolute atomic E-state index is 12.4. The van der Waals surface area contributed by atoms with Crippen LogP contribution in [0.5, 0.6) is 0 Å². The average Bonchev–Trinajstić information content (AvgIpc) is 3.08. The predicted molar refractivity (Wildman–Crippen MR) is 106 cm³/mol. The van der Waals surface area contributed by atoms with E-state index in [0.717, 1.165) is 37.7 Å². The van der Waals surface area contributed by atoms with Crippen molar-refractivity contribution < 1.29 is 4.79 Å². The molecular weight excluding hydrogens is 342 g/mol. The second-order valence-corrected chi connectivity index (χ2v) is 7.06. The lowest BCUT2D eigenvalue weighted by Crippen LogP contribution is -2.15. The van der Waals surface area contributed by atoms with Gasteiger partial charge in [-0.05, 0) is 36.2 Å². The van der Waals surface area contributed by atoms with E-state index in [1.165, 1.54) is 0 Å². The largest absolute Gasteiger partial charge is 0.326 e. The molecule has 0 saturated carbocycles. The summed E-state index contributed by atoms with van der Waals surface area (Å²) in [6.07, 6.45) is 2.13. The molecule has 0 fully saturated rings. The highest BCUT2D eigenvalue weighted by atomic mass is 32.1. The lowest BCUT2D eigenvalue weighted by Gasteiger charge is -2.10. The molecule has 26 heavy (non-hydrogen) atoms. The number of aryl methyl sites for hydroxylation is 1. The number of aromatic nitrogens is 2. The average molecular weight is 359 g/mol. The van der Waals surface area contributed by atoms with Crippen molar-refractivity contribution in [2.24, 2.45) is 0 Å². The SMILES string of the molecule is Cc1ccc(-c2nc3cccnc3s2)cc1NC(=O)Cc1ccccc1. The van der Waals surface area contributed by atoms with Crippen LogP contribution in [0.4, 0.5) is 5.69 Å². The molecule has 2 aromatic heterocycles. The van der Waals surface area contributed by atoms with E-state index in [9.17, 15) is 4.79 Å². The minimum absolute atomic E-state index is 0.0255. The molecule has 0 aliphatic carbocycles. The summed E-state index contributed by atoms with van der Waals surface area (Å²) in [7, 11) is 0. The van der Waals surface area contributed by atoms with Crippen LogP contribution in [-0.2, 0) is 11.2 Å². The monoisotopic (exact) mass is 359 g/mol. The van der Waals surface area contributed by atoms with Crippen LogP contribution < -0.4 is 5.32 Å². The van der Waals surface area contributed by atoms with E-state index < -0.39 is 0 Å². The molecule has 0 aliphatic rings. The lowest BCUT2D eigenvalue weighted by molar-refractivity contribution is -0.115. The van der Waals surface area contributed by atoms with Crippen LogP contribution in [0.15, 0.2) is 66.9 Å². The van der Waals surface area contributed by atoms with Gasteiger partial charge in [0.05, 0.1) is 6.42 Å². The summed E-state index contributed by atoms with van der Waals surface area (Å²) in [6, 6.07) is 19.6. The molecule has 4 rings (SSSR count). The van der Waals surface area contributed by atoms with Crippen molar-refractivity contribution in [3.63, 3.8) is 0 Å². The Bertz CT molecular complexity index is 1040. The summed E-state index contributed by atoms with van der Waals surface area (Å²) < 4.78 is 0. The van der Waals surface area contributed by atoms with Gasteiger partial charge in [-0.25, -0.2) is 9.97 Å². The molecule has 0 atom stereocenters. The number of amides is 1. The van der Waals surface area contributed by atoms with E-state index in [1.54, 1.807) is 17.5 Å². The fraction of sp³-hybridized carbons (Fsp3) is 0.0952. The zero-order valence-electron chi connectivity index (χ0n) is 14.3. The first-order chi connectivity index (χ1) is 12.7. The number of nitrogens with one attached hydrogen (secondary N) is 1. The van der Waals surface area contributed by atoms with Gasteiger partial charge in [-0.15, -0.1) is 0 Å². The molecule has 0 unspecified atom stereocenters. The molecule has 4 aromatic rings. The van der Waals surface area contributed by atoms with E-state index in [-0.39, 0.29) is 5.91 Å². The van der Waals surface area contributed by atoms with Gasteiger partial charge in [-0.3, -0.25) is 4.79 Å². The Hall–Kier alpha value is -3.05. The van der Waals surface area contributed by atoms with Gasteiger partial charge in [0.25, 0.3) is 0 Å². The van der Waals surface area contributed by atoms with E-state index in [0.29, 0.717) is 6.42 Å². The summed E-state index contributed by atoms with van der Waals surface area (Å²) in [5, 5.41) is 3.93. The van der Waals surface area contributed by atoms with Gasteiger partial charge in [0, 0.05) is 17.4 Å². The standard InChI is InChI=1S/C21H17N3OS/c1-14-9-10-16(20-24-17-8-5-11-22-21(17)26-20)13-18(14)23-19(25)12-15-6-3-2-4-7-15/h2-11,13H,12H2,1H3,(H,23,25). The molecule has 0 saturated heterocycles. The lowest BCUT2D eigenvalue weighted by atomic mass is 10.1. The molecule has 0 aliphatic heterocycles. The first-order valence-corrected chi connectivity index (χ1v) is 9.17. The van der Waals surface area contributed by atoms with Crippen molar-refractivity contribution in [3.05, 3.63) is 78.0 Å². The van der Waals surface area contributed by atoms with E-state index >= 15 is 0 Å². The van der Waals surface area contributed by atoms with Crippen LogP contribution in [0.2, 0.25) is 0 Å². The van der Waals surface area contributed by atoms with Crippen molar-refractivity contribution in [1.29, 1.82) is 0 Å². The number of nitrogens with zero attached hydrogens (tertiary/aromatic N) is 2. The minimum atomic E-state index is -0.0255. The number of carbonyl (C=O) groups excluding carboxylic acids is 1. The van der Waals surface area contributed by atoms with Crippen molar-refractivity contribution >= 4 is 33.3 Å². The Kier molecular flexibility index (Phi) is 4.46. The fourth-order valence-electron chi connectivity index (χ4n) is 2.76. The topological polar surface area (TPSA) is 54.9 Å². The Morgan fingerprint density at radius 2 is 1.92 bits per heavy atom. The van der Waals surface area contributed by atoms with Crippen LogP contribution >= 0.6 is 11.3 Å². The highest BCUT2D eigenvalue weighted by molar-refractivity contribution is 7.21. The quantitative estimate of drug-likeness (QED) is 0.567. The third kappa shape index (κ3) is 3.48. The Balaban J connectivity index is 1.59. The molecule has 0 spiro atoms. The molecule has 0 bridgehead atoms. The molecule has 0 radical (unpaired) electrons. The van der Waals surface area contributed by atoms with Crippen molar-refractivity contribution in [2.45, 2.75) is 13.3 Å². The Labute approximate surface area is 155 Å². The minimum Gasteiger partial charge on any atom is -0.326 e. The number of pyridine rings is 1. The van der Waals surface area contributed by atoms with E-state index in [1.807, 2.05) is 67.6 Å². The molecule has 5 heteroatoms. The summed E-state index contributed by atoms with van der Waals surface area (Å²) in [5.41, 5.74) is 4.71. The van der Waals surface area contributed by atoms with Crippen molar-refractivity contribution in [2.75, 3.05) is 5.32 Å². The van der Waals surface area contributed by atoms with Crippen LogP contribution in [0.3, 0.4) is 0 Å². The Morgan fingerprint density at radius 1 is 1.08 bits per heavy atom. The van der Waals surface area contributed by atoms with Crippen LogP contribution in [0, 0.1) is 6.92 Å². The highest BCUT2D eigenvalue weighted by Crippen LogP contribution is 2.31. The third-order valence-corrected chi connectivity index (χ3v) is 5.16. The molecule has 1 amide bonds. The number of hydrogen-bond acceptors (Lipinski definition) is 4. The summed E-state index contributed by atoms with van der Waals surface area (Å²) in [6.45, 7) is 1.99. The number of benzene rings is 2. The summed E-state index contributed by atoms with van der Waals surface area (Å²) in [4.78, 5) is 22.3. The first-order valence-electron chi connectivity index (χ1n) is 8.35. The fourth-order valence-corrected chi connectivity index (χ4v) is 3.66. The van der Waals surface area contributed by atoms with Gasteiger partial charge in [-0.2, -0.15) is 0 Å². The molecule has 2 aromatic carbocycles. The molecule has 1 N–H and O–H groups in total. The van der Waals surface area contributed by atoms with Gasteiger partial charge in [0.1, 0.15) is 15.4 Å². The van der Waals surface area contributed by atoms with E-state index in [2.05, 4.69) is 15.3 Å². The maximum atomic E-state index is 12.4. The van der Waals surface area contributed by atoms with Gasteiger partial charge in [0.2, 0.25) is 5.91 Å². The first kappa shape index (κ1) is 16.4. The number of fused-ring (bicyclic) bond motifs is 1.